The molecule has 1 aliphatic rings. The Kier molecular flexibility index (Phi) is 6.26. The molecule has 26 heavy (non-hydrogen) atoms. The third kappa shape index (κ3) is 4.16. The van der Waals surface area contributed by atoms with Crippen molar-refractivity contribution >= 4 is 34.6 Å². The first-order valence-corrected chi connectivity index (χ1v) is 8.15. The van der Waals surface area contributed by atoms with E-state index in [1.807, 2.05) is 4.57 Å². The topological polar surface area (TPSA) is 133 Å². The number of nitrogen functional groups attached to an aromatic ring is 1. The van der Waals surface area contributed by atoms with Gasteiger partial charge >= 0.3 is 6.16 Å². The predicted octanol–water partition coefficient (Wildman–Crippen LogP) is 2.04. The molecule has 1 aliphatic heterocycles. The fourth-order valence-electron chi connectivity index (χ4n) is 2.58. The lowest BCUT2D eigenvalue weighted by Gasteiger charge is -2.21. The molecular formula is C16H19ClN4O5. The Bertz CT molecular complexity index is 834. The predicted molar refractivity (Wildman–Crippen MR) is 94.6 cm³/mol. The summed E-state index contributed by atoms with van der Waals surface area (Å²) < 4.78 is 11.6. The number of nitrogens with zero attached hydrogens (tertiary/aromatic N) is 3. The average Bonchev–Trinajstić information content (AvgIpc) is 3.19. The monoisotopic (exact) mass is 382 g/mol. The minimum atomic E-state index is -1.21. The highest BCUT2D eigenvalue weighted by Gasteiger charge is 2.39. The van der Waals surface area contributed by atoms with Crippen LogP contribution in [0.1, 0.15) is 26.0 Å². The number of rotatable bonds is 3. The Hall–Kier alpha value is -2.54. The Morgan fingerprint density at radius 2 is 2.38 bits per heavy atom. The molecule has 4 N–H and O–H groups in total. The molecule has 0 bridgehead atoms. The van der Waals surface area contributed by atoms with E-state index < -0.39 is 11.8 Å². The third-order valence-electron chi connectivity index (χ3n) is 3.83. The quantitative estimate of drug-likeness (QED) is 0.417. The largest absolute Gasteiger partial charge is 0.505 e. The van der Waals surface area contributed by atoms with Crippen LogP contribution in [0, 0.1) is 12.3 Å². The number of aliphatic hydroxyl groups is 1. The molecular weight excluding hydrogens is 364 g/mol. The van der Waals surface area contributed by atoms with E-state index >= 15 is 0 Å². The van der Waals surface area contributed by atoms with Crippen LogP contribution in [-0.4, -0.2) is 49.7 Å². The van der Waals surface area contributed by atoms with E-state index in [2.05, 4.69) is 20.6 Å². The van der Waals surface area contributed by atoms with E-state index in [0.29, 0.717) is 29.7 Å². The minimum absolute atomic E-state index is 0.0818. The van der Waals surface area contributed by atoms with Gasteiger partial charge in [-0.3, -0.25) is 0 Å². The van der Waals surface area contributed by atoms with Gasteiger partial charge in [0.15, 0.2) is 5.60 Å². The molecule has 2 aromatic heterocycles. The van der Waals surface area contributed by atoms with E-state index in [9.17, 15) is 9.90 Å². The van der Waals surface area contributed by atoms with Gasteiger partial charge in [0.2, 0.25) is 5.28 Å². The van der Waals surface area contributed by atoms with E-state index in [0.717, 1.165) is 0 Å². The van der Waals surface area contributed by atoms with Gasteiger partial charge in [0, 0.05) is 6.20 Å². The summed E-state index contributed by atoms with van der Waals surface area (Å²) in [5, 5.41) is 17.9. The summed E-state index contributed by atoms with van der Waals surface area (Å²) in [7, 11) is 0. The molecule has 0 saturated carbocycles. The SMILES string of the molecule is C#C[C@@]1(CO)CC[C@H](n2ccc3c(N)nc(Cl)nc32)O1.CCOC(=O)O. The van der Waals surface area contributed by atoms with Crippen molar-refractivity contribution in [2.24, 2.45) is 0 Å². The maximum absolute atomic E-state index is 9.39. The number of aromatic nitrogens is 3. The van der Waals surface area contributed by atoms with Gasteiger partial charge in [0.1, 0.15) is 17.7 Å². The first kappa shape index (κ1) is 19.8. The van der Waals surface area contributed by atoms with Crippen molar-refractivity contribution in [2.45, 2.75) is 31.6 Å². The van der Waals surface area contributed by atoms with Crippen LogP contribution >= 0.6 is 11.6 Å². The molecule has 0 spiro atoms. The highest BCUT2D eigenvalue weighted by molar-refractivity contribution is 6.28. The van der Waals surface area contributed by atoms with E-state index in [1.165, 1.54) is 0 Å². The smallest absolute Gasteiger partial charge is 0.450 e. The summed E-state index contributed by atoms with van der Waals surface area (Å²) in [6, 6.07) is 1.80. The summed E-state index contributed by atoms with van der Waals surface area (Å²) in [6.07, 6.45) is 6.99. The van der Waals surface area contributed by atoms with Crippen LogP contribution in [0.2, 0.25) is 5.28 Å². The van der Waals surface area contributed by atoms with Crippen LogP contribution < -0.4 is 5.73 Å². The van der Waals surface area contributed by atoms with Crippen molar-refractivity contribution in [2.75, 3.05) is 18.9 Å². The fraction of sp³-hybridized carbons (Fsp3) is 0.438. The van der Waals surface area contributed by atoms with E-state index in [1.54, 1.807) is 19.2 Å². The number of hydrogen-bond donors (Lipinski definition) is 3. The van der Waals surface area contributed by atoms with Gasteiger partial charge in [0.05, 0.1) is 18.6 Å². The van der Waals surface area contributed by atoms with Crippen LogP contribution in [0.25, 0.3) is 11.0 Å². The van der Waals surface area contributed by atoms with E-state index in [4.69, 9.17) is 33.6 Å². The number of nitrogens with two attached hydrogens (primary N) is 1. The highest BCUT2D eigenvalue weighted by atomic mass is 35.5. The second kappa shape index (κ2) is 8.23. The zero-order chi connectivity index (χ0) is 19.3. The van der Waals surface area contributed by atoms with Crippen LogP contribution in [0.15, 0.2) is 12.3 Å². The number of carbonyl (C=O) groups is 1. The van der Waals surface area contributed by atoms with Gasteiger partial charge in [-0.15, -0.1) is 6.42 Å². The number of halogens is 1. The molecule has 1 saturated heterocycles. The summed E-state index contributed by atoms with van der Waals surface area (Å²) in [5.74, 6) is 2.84. The number of anilines is 1. The van der Waals surface area contributed by atoms with Crippen LogP contribution in [0.5, 0.6) is 0 Å². The van der Waals surface area contributed by atoms with Gasteiger partial charge in [0.25, 0.3) is 0 Å². The minimum Gasteiger partial charge on any atom is -0.450 e. The molecule has 2 atom stereocenters. The summed E-state index contributed by atoms with van der Waals surface area (Å²) in [4.78, 5) is 17.5. The fourth-order valence-corrected chi connectivity index (χ4v) is 2.75. The van der Waals surface area contributed by atoms with Gasteiger partial charge < -0.3 is 30.0 Å². The summed E-state index contributed by atoms with van der Waals surface area (Å²) >= 11 is 5.84. The van der Waals surface area contributed by atoms with Gasteiger partial charge in [-0.05, 0) is 37.4 Å². The van der Waals surface area contributed by atoms with Crippen molar-refractivity contribution < 1.29 is 24.5 Å². The van der Waals surface area contributed by atoms with Crippen molar-refractivity contribution in [3.8, 4) is 12.3 Å². The van der Waals surface area contributed by atoms with Crippen LogP contribution in [-0.2, 0) is 9.47 Å². The zero-order valence-electron chi connectivity index (χ0n) is 14.1. The Labute approximate surface area is 154 Å². The average molecular weight is 383 g/mol. The molecule has 2 aromatic rings. The summed E-state index contributed by atoms with van der Waals surface area (Å²) in [6.45, 7) is 1.64. The number of aliphatic hydroxyl groups excluding tert-OH is 1. The van der Waals surface area contributed by atoms with Crippen LogP contribution in [0.3, 0.4) is 0 Å². The number of hydrogen-bond acceptors (Lipinski definition) is 7. The number of carboxylic acid groups (broad SMARTS) is 1. The lowest BCUT2D eigenvalue weighted by Crippen LogP contribution is -2.31. The summed E-state index contributed by atoms with van der Waals surface area (Å²) in [5.41, 5.74) is 5.48. The maximum atomic E-state index is 9.39. The maximum Gasteiger partial charge on any atom is 0.505 e. The zero-order valence-corrected chi connectivity index (χ0v) is 14.8. The van der Waals surface area contributed by atoms with Crippen molar-refractivity contribution in [3.63, 3.8) is 0 Å². The number of ether oxygens (including phenoxy) is 2. The molecule has 1 fully saturated rings. The molecule has 9 nitrogen and oxygen atoms in total. The molecule has 0 unspecified atom stereocenters. The third-order valence-corrected chi connectivity index (χ3v) is 4.00. The molecule has 3 rings (SSSR count). The molecule has 140 valence electrons. The number of fused-ring (bicyclic) bond motifs is 1. The molecule has 0 radical (unpaired) electrons. The second-order valence-electron chi connectivity index (χ2n) is 5.45. The lowest BCUT2D eigenvalue weighted by molar-refractivity contribution is -0.0615. The van der Waals surface area contributed by atoms with Crippen LogP contribution in [0.4, 0.5) is 10.6 Å². The molecule has 10 heteroatoms. The first-order chi connectivity index (χ1) is 12.4. The molecule has 0 amide bonds. The molecule has 0 aliphatic carbocycles. The Morgan fingerprint density at radius 3 is 2.88 bits per heavy atom. The van der Waals surface area contributed by atoms with Gasteiger partial charge in [-0.25, -0.2) is 9.78 Å². The second-order valence-corrected chi connectivity index (χ2v) is 5.78. The molecule has 3 heterocycles. The normalized spacial score (nSPS) is 21.7. The van der Waals surface area contributed by atoms with Gasteiger partial charge in [-0.1, -0.05) is 5.92 Å². The van der Waals surface area contributed by atoms with Crippen molar-refractivity contribution in [1.82, 2.24) is 14.5 Å². The standard InChI is InChI=1S/C13H13ClN4O2.C3H6O3/c1-2-13(7-19)5-3-9(20-13)18-6-4-8-10(15)16-12(14)17-11(8)18;1-2-6-3(4)5/h1,4,6,9,19H,3,5,7H2,(H2,15,16,17);2H2,1H3,(H,4,5)/t9-,13+;/m1./s1. The van der Waals surface area contributed by atoms with Gasteiger partial charge in [-0.2, -0.15) is 4.98 Å². The highest BCUT2D eigenvalue weighted by Crippen LogP contribution is 2.37. The first-order valence-electron chi connectivity index (χ1n) is 7.77. The number of terminal acetylenes is 1. The molecule has 0 aromatic carbocycles. The lowest BCUT2D eigenvalue weighted by atomic mass is 10.0. The van der Waals surface area contributed by atoms with E-state index in [-0.39, 0.29) is 24.7 Å². The van der Waals surface area contributed by atoms with Crippen molar-refractivity contribution in [3.05, 3.63) is 17.5 Å². The Balaban J connectivity index is 0.000000352. The Morgan fingerprint density at radius 1 is 1.65 bits per heavy atom. The van der Waals surface area contributed by atoms with Crippen molar-refractivity contribution in [1.29, 1.82) is 0 Å².